The SMILES string of the molecule is CC(C)OCCCCNCc1cn(C)nn1. The summed E-state index contributed by atoms with van der Waals surface area (Å²) in [6.07, 6.45) is 4.50. The fourth-order valence-electron chi connectivity index (χ4n) is 1.36. The fraction of sp³-hybridized carbons (Fsp3) is 0.818. The summed E-state index contributed by atoms with van der Waals surface area (Å²) in [6, 6.07) is 0. The second-order valence-electron chi connectivity index (χ2n) is 4.19. The minimum absolute atomic E-state index is 0.340. The van der Waals surface area contributed by atoms with Crippen LogP contribution >= 0.6 is 0 Å². The summed E-state index contributed by atoms with van der Waals surface area (Å²) in [5, 5.41) is 11.2. The van der Waals surface area contributed by atoms with Crippen molar-refractivity contribution in [2.75, 3.05) is 13.2 Å². The van der Waals surface area contributed by atoms with E-state index in [0.29, 0.717) is 6.10 Å². The average molecular weight is 226 g/mol. The third-order valence-corrected chi connectivity index (χ3v) is 2.16. The number of hydrogen-bond acceptors (Lipinski definition) is 4. The van der Waals surface area contributed by atoms with Crippen molar-refractivity contribution < 1.29 is 4.74 Å². The number of aryl methyl sites for hydroxylation is 1. The fourth-order valence-corrected chi connectivity index (χ4v) is 1.36. The molecular formula is C11H22N4O. The van der Waals surface area contributed by atoms with Gasteiger partial charge in [0.25, 0.3) is 0 Å². The highest BCUT2D eigenvalue weighted by Gasteiger charge is 1.97. The Balaban J connectivity index is 1.92. The lowest BCUT2D eigenvalue weighted by Gasteiger charge is -2.07. The lowest BCUT2D eigenvalue weighted by atomic mass is 10.3. The van der Waals surface area contributed by atoms with E-state index in [9.17, 15) is 0 Å². The van der Waals surface area contributed by atoms with Crippen LogP contribution in [0.1, 0.15) is 32.4 Å². The van der Waals surface area contributed by atoms with Crippen LogP contribution in [0.4, 0.5) is 0 Å². The quantitative estimate of drug-likeness (QED) is 0.675. The van der Waals surface area contributed by atoms with E-state index in [1.807, 2.05) is 13.2 Å². The largest absolute Gasteiger partial charge is 0.379 e. The van der Waals surface area contributed by atoms with Gasteiger partial charge in [-0.15, -0.1) is 5.10 Å². The smallest absolute Gasteiger partial charge is 0.0964 e. The summed E-state index contributed by atoms with van der Waals surface area (Å²) in [5.41, 5.74) is 0.987. The summed E-state index contributed by atoms with van der Waals surface area (Å²) in [5.74, 6) is 0. The number of nitrogens with one attached hydrogen (secondary N) is 1. The molecule has 5 heteroatoms. The molecule has 16 heavy (non-hydrogen) atoms. The highest BCUT2D eigenvalue weighted by atomic mass is 16.5. The van der Waals surface area contributed by atoms with Crippen LogP contribution in [-0.2, 0) is 18.3 Å². The van der Waals surface area contributed by atoms with E-state index in [4.69, 9.17) is 4.74 Å². The normalized spacial score (nSPS) is 11.2. The second kappa shape index (κ2) is 7.35. The van der Waals surface area contributed by atoms with Gasteiger partial charge in [-0.05, 0) is 33.2 Å². The van der Waals surface area contributed by atoms with Crippen molar-refractivity contribution in [2.24, 2.45) is 7.05 Å². The van der Waals surface area contributed by atoms with Gasteiger partial charge in [0.2, 0.25) is 0 Å². The molecule has 0 atom stereocenters. The maximum absolute atomic E-state index is 5.46. The first-order valence-electron chi connectivity index (χ1n) is 5.86. The predicted octanol–water partition coefficient (Wildman–Crippen LogP) is 1.11. The molecule has 1 N–H and O–H groups in total. The standard InChI is InChI=1S/C11H22N4O/c1-10(2)16-7-5-4-6-12-8-11-9-15(3)14-13-11/h9-10,12H,4-8H2,1-3H3. The van der Waals surface area contributed by atoms with Crippen LogP contribution in [0.3, 0.4) is 0 Å². The van der Waals surface area contributed by atoms with Gasteiger partial charge in [-0.25, -0.2) is 0 Å². The summed E-state index contributed by atoms with van der Waals surface area (Å²) >= 11 is 0. The van der Waals surface area contributed by atoms with Crippen molar-refractivity contribution in [1.29, 1.82) is 0 Å². The molecule has 0 saturated heterocycles. The van der Waals surface area contributed by atoms with Crippen LogP contribution in [0.2, 0.25) is 0 Å². The molecule has 0 aromatic carbocycles. The Kier molecular flexibility index (Phi) is 6.03. The van der Waals surface area contributed by atoms with E-state index in [0.717, 1.165) is 38.2 Å². The van der Waals surface area contributed by atoms with Crippen LogP contribution in [0.5, 0.6) is 0 Å². The molecule has 0 bridgehead atoms. The van der Waals surface area contributed by atoms with Crippen molar-refractivity contribution in [1.82, 2.24) is 20.3 Å². The molecule has 0 spiro atoms. The second-order valence-corrected chi connectivity index (χ2v) is 4.19. The number of hydrogen-bond donors (Lipinski definition) is 1. The highest BCUT2D eigenvalue weighted by molar-refractivity contribution is 4.90. The van der Waals surface area contributed by atoms with Crippen molar-refractivity contribution >= 4 is 0 Å². The molecule has 0 unspecified atom stereocenters. The molecular weight excluding hydrogens is 204 g/mol. The maximum atomic E-state index is 5.46. The Morgan fingerprint density at radius 1 is 1.44 bits per heavy atom. The topological polar surface area (TPSA) is 52.0 Å². The van der Waals surface area contributed by atoms with E-state index in [-0.39, 0.29) is 0 Å². The van der Waals surface area contributed by atoms with Gasteiger partial charge < -0.3 is 10.1 Å². The third kappa shape index (κ3) is 5.82. The molecule has 1 aromatic rings. The molecule has 1 rings (SSSR count). The molecule has 0 saturated carbocycles. The molecule has 0 aliphatic carbocycles. The monoisotopic (exact) mass is 226 g/mol. The van der Waals surface area contributed by atoms with E-state index in [1.54, 1.807) is 4.68 Å². The Morgan fingerprint density at radius 3 is 2.88 bits per heavy atom. The van der Waals surface area contributed by atoms with E-state index in [2.05, 4.69) is 29.5 Å². The van der Waals surface area contributed by atoms with Gasteiger partial charge in [-0.3, -0.25) is 4.68 Å². The molecule has 0 aliphatic rings. The zero-order chi connectivity index (χ0) is 11.8. The van der Waals surface area contributed by atoms with Crippen molar-refractivity contribution in [3.63, 3.8) is 0 Å². The van der Waals surface area contributed by atoms with E-state index < -0.39 is 0 Å². The summed E-state index contributed by atoms with van der Waals surface area (Å²) in [4.78, 5) is 0. The zero-order valence-electron chi connectivity index (χ0n) is 10.4. The van der Waals surface area contributed by atoms with Crippen molar-refractivity contribution in [2.45, 2.75) is 39.3 Å². The summed E-state index contributed by atoms with van der Waals surface area (Å²) < 4.78 is 7.17. The number of aromatic nitrogens is 3. The number of nitrogens with zero attached hydrogens (tertiary/aromatic N) is 3. The maximum Gasteiger partial charge on any atom is 0.0964 e. The minimum atomic E-state index is 0.340. The van der Waals surface area contributed by atoms with Gasteiger partial charge in [-0.1, -0.05) is 5.21 Å². The average Bonchev–Trinajstić information content (AvgIpc) is 2.62. The van der Waals surface area contributed by atoms with Crippen LogP contribution in [0, 0.1) is 0 Å². The van der Waals surface area contributed by atoms with Gasteiger partial charge in [0.05, 0.1) is 11.8 Å². The van der Waals surface area contributed by atoms with E-state index >= 15 is 0 Å². The highest BCUT2D eigenvalue weighted by Crippen LogP contribution is 1.94. The number of unbranched alkanes of at least 4 members (excludes halogenated alkanes) is 1. The van der Waals surface area contributed by atoms with Gasteiger partial charge in [0, 0.05) is 26.4 Å². The number of rotatable bonds is 8. The lowest BCUT2D eigenvalue weighted by molar-refractivity contribution is 0.0760. The Labute approximate surface area is 97.2 Å². The number of ether oxygens (including phenoxy) is 1. The Hall–Kier alpha value is -0.940. The summed E-state index contributed by atoms with van der Waals surface area (Å²) in [7, 11) is 1.87. The third-order valence-electron chi connectivity index (χ3n) is 2.16. The van der Waals surface area contributed by atoms with Crippen LogP contribution < -0.4 is 5.32 Å². The molecule has 5 nitrogen and oxygen atoms in total. The van der Waals surface area contributed by atoms with E-state index in [1.165, 1.54) is 0 Å². The van der Waals surface area contributed by atoms with Gasteiger partial charge in [-0.2, -0.15) is 0 Å². The first kappa shape index (κ1) is 13.1. The van der Waals surface area contributed by atoms with Crippen LogP contribution in [-0.4, -0.2) is 34.2 Å². The van der Waals surface area contributed by atoms with Gasteiger partial charge >= 0.3 is 0 Å². The predicted molar refractivity (Wildman–Crippen MR) is 63.0 cm³/mol. The molecule has 92 valence electrons. The first-order chi connectivity index (χ1) is 7.68. The van der Waals surface area contributed by atoms with Crippen molar-refractivity contribution in [3.8, 4) is 0 Å². The molecule has 1 heterocycles. The Bertz CT molecular complexity index is 285. The zero-order valence-corrected chi connectivity index (χ0v) is 10.4. The molecule has 0 aliphatic heterocycles. The summed E-state index contributed by atoms with van der Waals surface area (Å²) in [6.45, 7) is 6.76. The molecule has 0 radical (unpaired) electrons. The van der Waals surface area contributed by atoms with Gasteiger partial charge in [0.15, 0.2) is 0 Å². The van der Waals surface area contributed by atoms with Crippen LogP contribution in [0.15, 0.2) is 6.20 Å². The van der Waals surface area contributed by atoms with Gasteiger partial charge in [0.1, 0.15) is 0 Å². The minimum Gasteiger partial charge on any atom is -0.379 e. The van der Waals surface area contributed by atoms with Crippen molar-refractivity contribution in [3.05, 3.63) is 11.9 Å². The molecule has 0 fully saturated rings. The lowest BCUT2D eigenvalue weighted by Crippen LogP contribution is -2.15. The Morgan fingerprint density at radius 2 is 2.25 bits per heavy atom. The van der Waals surface area contributed by atoms with Crippen LogP contribution in [0.25, 0.3) is 0 Å². The molecule has 1 aromatic heterocycles. The first-order valence-corrected chi connectivity index (χ1v) is 5.86. The molecule has 0 amide bonds.